The Labute approximate surface area is 94.6 Å². The molecule has 5 heteroatoms. The monoisotopic (exact) mass is 230 g/mol. The van der Waals surface area contributed by atoms with E-state index in [-0.39, 0.29) is 6.10 Å². The third kappa shape index (κ3) is 3.32. The first kappa shape index (κ1) is 12.2. The van der Waals surface area contributed by atoms with Crippen LogP contribution in [0.25, 0.3) is 0 Å². The van der Waals surface area contributed by atoms with Gasteiger partial charge >= 0.3 is 0 Å². The van der Waals surface area contributed by atoms with Crippen molar-refractivity contribution in [2.45, 2.75) is 26.9 Å². The molecule has 0 aliphatic rings. The van der Waals surface area contributed by atoms with E-state index in [4.69, 9.17) is 21.1 Å². The maximum atomic E-state index is 5.92. The first-order valence-electron chi connectivity index (χ1n) is 4.71. The number of methoxy groups -OCH3 is 1. The van der Waals surface area contributed by atoms with Crippen LogP contribution in [-0.4, -0.2) is 29.8 Å². The predicted molar refractivity (Wildman–Crippen MR) is 58.5 cm³/mol. The molecule has 0 aliphatic heterocycles. The predicted octanol–water partition coefficient (Wildman–Crippen LogP) is 2.16. The van der Waals surface area contributed by atoms with Crippen LogP contribution in [0.1, 0.15) is 18.3 Å². The van der Waals surface area contributed by atoms with E-state index >= 15 is 0 Å². The van der Waals surface area contributed by atoms with Gasteiger partial charge in [-0.25, -0.2) is 4.98 Å². The van der Waals surface area contributed by atoms with Gasteiger partial charge < -0.3 is 9.47 Å². The number of hydrogen-bond donors (Lipinski definition) is 0. The number of hydrogen-bond acceptors (Lipinski definition) is 4. The van der Waals surface area contributed by atoms with E-state index in [2.05, 4.69) is 9.97 Å². The molecule has 0 bridgehead atoms. The minimum atomic E-state index is -0.0564. The van der Waals surface area contributed by atoms with Crippen molar-refractivity contribution in [3.05, 3.63) is 16.5 Å². The topological polar surface area (TPSA) is 44.2 Å². The highest BCUT2D eigenvalue weighted by molar-refractivity contribution is 6.30. The lowest BCUT2D eigenvalue weighted by Gasteiger charge is -2.15. The second-order valence-electron chi connectivity index (χ2n) is 3.38. The van der Waals surface area contributed by atoms with Gasteiger partial charge in [0.2, 0.25) is 5.88 Å². The summed E-state index contributed by atoms with van der Waals surface area (Å²) in [6.07, 6.45) is -0.0564. The summed E-state index contributed by atoms with van der Waals surface area (Å²) in [6.45, 7) is 6.03. The first-order valence-corrected chi connectivity index (χ1v) is 5.08. The van der Waals surface area contributed by atoms with Gasteiger partial charge in [0.05, 0.1) is 6.61 Å². The summed E-state index contributed by atoms with van der Waals surface area (Å²) in [6, 6.07) is 0. The number of aromatic nitrogens is 2. The average Bonchev–Trinajstić information content (AvgIpc) is 2.13. The standard InChI is InChI=1S/C10H15ClN2O2/c1-6(5-14-4)15-10-7(2)9(11)12-8(3)13-10/h6H,5H2,1-4H3. The molecule has 1 heterocycles. The van der Waals surface area contributed by atoms with Crippen LogP contribution in [0, 0.1) is 13.8 Å². The summed E-state index contributed by atoms with van der Waals surface area (Å²) in [7, 11) is 1.63. The van der Waals surface area contributed by atoms with Crippen molar-refractivity contribution in [1.29, 1.82) is 0 Å². The third-order valence-electron chi connectivity index (χ3n) is 1.87. The maximum absolute atomic E-state index is 5.92. The van der Waals surface area contributed by atoms with Gasteiger partial charge in [-0.1, -0.05) is 11.6 Å². The van der Waals surface area contributed by atoms with E-state index < -0.39 is 0 Å². The fourth-order valence-corrected chi connectivity index (χ4v) is 1.35. The third-order valence-corrected chi connectivity index (χ3v) is 2.24. The molecule has 0 aliphatic carbocycles. The number of halogens is 1. The second-order valence-corrected chi connectivity index (χ2v) is 3.73. The van der Waals surface area contributed by atoms with Crippen molar-refractivity contribution in [2.75, 3.05) is 13.7 Å². The van der Waals surface area contributed by atoms with Crippen LogP contribution in [0.2, 0.25) is 5.15 Å². The highest BCUT2D eigenvalue weighted by Crippen LogP contribution is 2.22. The van der Waals surface area contributed by atoms with E-state index in [9.17, 15) is 0 Å². The zero-order chi connectivity index (χ0) is 11.4. The molecule has 1 unspecified atom stereocenters. The van der Waals surface area contributed by atoms with Crippen LogP contribution in [0.5, 0.6) is 5.88 Å². The highest BCUT2D eigenvalue weighted by atomic mass is 35.5. The number of ether oxygens (including phenoxy) is 2. The summed E-state index contributed by atoms with van der Waals surface area (Å²) in [5, 5.41) is 0.433. The lowest BCUT2D eigenvalue weighted by atomic mass is 10.3. The molecular weight excluding hydrogens is 216 g/mol. The van der Waals surface area contributed by atoms with E-state index in [1.54, 1.807) is 14.0 Å². The Balaban J connectivity index is 2.84. The van der Waals surface area contributed by atoms with Gasteiger partial charge in [-0.3, -0.25) is 0 Å². The molecule has 1 rings (SSSR count). The van der Waals surface area contributed by atoms with Crippen LogP contribution in [0.4, 0.5) is 0 Å². The largest absolute Gasteiger partial charge is 0.472 e. The molecule has 1 atom stereocenters. The highest BCUT2D eigenvalue weighted by Gasteiger charge is 2.11. The summed E-state index contributed by atoms with van der Waals surface area (Å²) < 4.78 is 10.6. The summed E-state index contributed by atoms with van der Waals surface area (Å²) >= 11 is 5.92. The average molecular weight is 231 g/mol. The Hall–Kier alpha value is -0.870. The van der Waals surface area contributed by atoms with Crippen molar-refractivity contribution in [2.24, 2.45) is 0 Å². The SMILES string of the molecule is COCC(C)Oc1nc(C)nc(Cl)c1C. The van der Waals surface area contributed by atoms with Crippen molar-refractivity contribution in [3.63, 3.8) is 0 Å². The minimum absolute atomic E-state index is 0.0564. The molecule has 0 amide bonds. The van der Waals surface area contributed by atoms with Crippen LogP contribution < -0.4 is 4.74 Å². The molecule has 15 heavy (non-hydrogen) atoms. The van der Waals surface area contributed by atoms with Crippen LogP contribution >= 0.6 is 11.6 Å². The van der Waals surface area contributed by atoms with E-state index in [0.29, 0.717) is 23.5 Å². The van der Waals surface area contributed by atoms with E-state index in [1.165, 1.54) is 0 Å². The maximum Gasteiger partial charge on any atom is 0.221 e. The Morgan fingerprint density at radius 3 is 2.60 bits per heavy atom. The fourth-order valence-electron chi connectivity index (χ4n) is 1.14. The van der Waals surface area contributed by atoms with E-state index in [0.717, 1.165) is 5.56 Å². The quantitative estimate of drug-likeness (QED) is 0.744. The summed E-state index contributed by atoms with van der Waals surface area (Å²) in [5.41, 5.74) is 0.755. The number of nitrogens with zero attached hydrogens (tertiary/aromatic N) is 2. The Morgan fingerprint density at radius 2 is 2.00 bits per heavy atom. The zero-order valence-corrected chi connectivity index (χ0v) is 10.1. The molecule has 4 nitrogen and oxygen atoms in total. The molecular formula is C10H15ClN2O2. The molecule has 0 saturated heterocycles. The molecule has 0 aromatic carbocycles. The summed E-state index contributed by atoms with van der Waals surface area (Å²) in [5.74, 6) is 1.13. The summed E-state index contributed by atoms with van der Waals surface area (Å²) in [4.78, 5) is 8.21. The van der Waals surface area contributed by atoms with Gasteiger partial charge in [0.25, 0.3) is 0 Å². The van der Waals surface area contributed by atoms with Crippen molar-refractivity contribution < 1.29 is 9.47 Å². The van der Waals surface area contributed by atoms with Crippen molar-refractivity contribution >= 4 is 11.6 Å². The minimum Gasteiger partial charge on any atom is -0.472 e. The molecule has 0 saturated carbocycles. The van der Waals surface area contributed by atoms with E-state index in [1.807, 2.05) is 13.8 Å². The van der Waals surface area contributed by atoms with Gasteiger partial charge in [-0.05, 0) is 20.8 Å². The smallest absolute Gasteiger partial charge is 0.221 e. The van der Waals surface area contributed by atoms with Gasteiger partial charge in [0.1, 0.15) is 17.1 Å². The second kappa shape index (κ2) is 5.28. The van der Waals surface area contributed by atoms with Crippen LogP contribution in [-0.2, 0) is 4.74 Å². The van der Waals surface area contributed by atoms with Gasteiger partial charge in [-0.2, -0.15) is 4.98 Å². The fraction of sp³-hybridized carbons (Fsp3) is 0.600. The van der Waals surface area contributed by atoms with Gasteiger partial charge in [-0.15, -0.1) is 0 Å². The molecule has 0 N–H and O–H groups in total. The van der Waals surface area contributed by atoms with Crippen LogP contribution in [0.3, 0.4) is 0 Å². The van der Waals surface area contributed by atoms with Gasteiger partial charge in [0.15, 0.2) is 0 Å². The van der Waals surface area contributed by atoms with Crippen molar-refractivity contribution in [1.82, 2.24) is 9.97 Å². The zero-order valence-electron chi connectivity index (χ0n) is 9.37. The van der Waals surface area contributed by atoms with Crippen molar-refractivity contribution in [3.8, 4) is 5.88 Å². The number of rotatable bonds is 4. The van der Waals surface area contributed by atoms with Gasteiger partial charge in [0, 0.05) is 12.7 Å². The van der Waals surface area contributed by atoms with Crippen LogP contribution in [0.15, 0.2) is 0 Å². The molecule has 0 spiro atoms. The normalized spacial score (nSPS) is 12.6. The Kier molecular flexibility index (Phi) is 4.29. The lowest BCUT2D eigenvalue weighted by molar-refractivity contribution is 0.0882. The molecule has 84 valence electrons. The first-order chi connectivity index (χ1) is 7.04. The molecule has 0 fully saturated rings. The molecule has 0 radical (unpaired) electrons. The molecule has 1 aromatic heterocycles. The molecule has 1 aromatic rings. The number of aryl methyl sites for hydroxylation is 1. The lowest BCUT2D eigenvalue weighted by Crippen LogP contribution is -2.19. The Bertz CT molecular complexity index is 344. The Morgan fingerprint density at radius 1 is 1.33 bits per heavy atom.